The van der Waals surface area contributed by atoms with E-state index in [9.17, 15) is 4.79 Å². The molecule has 0 saturated carbocycles. The van der Waals surface area contributed by atoms with Crippen molar-refractivity contribution in [2.24, 2.45) is 7.05 Å². The van der Waals surface area contributed by atoms with Crippen LogP contribution in [-0.4, -0.2) is 41.6 Å². The third kappa shape index (κ3) is 3.34. The van der Waals surface area contributed by atoms with E-state index in [1.165, 1.54) is 0 Å². The lowest BCUT2D eigenvalue weighted by Crippen LogP contribution is -2.27. The van der Waals surface area contributed by atoms with Crippen LogP contribution in [0.5, 0.6) is 11.5 Å². The van der Waals surface area contributed by atoms with Crippen molar-refractivity contribution < 1.29 is 14.3 Å². The number of methoxy groups -OCH3 is 2. The SMILES string of the molecule is COc1cc(OC)cc(C(=O)N(C)Cc2nccn2C)c1. The molecule has 0 aliphatic heterocycles. The number of carbonyl (C=O) groups is 1. The van der Waals surface area contributed by atoms with E-state index in [1.807, 2.05) is 17.8 Å². The molecule has 0 unspecified atom stereocenters. The fraction of sp³-hybridized carbons (Fsp3) is 0.333. The fourth-order valence-corrected chi connectivity index (χ4v) is 1.98. The highest BCUT2D eigenvalue weighted by Gasteiger charge is 2.16. The molecule has 0 fully saturated rings. The van der Waals surface area contributed by atoms with Crippen LogP contribution in [0.25, 0.3) is 0 Å². The van der Waals surface area contributed by atoms with Gasteiger partial charge in [0.2, 0.25) is 0 Å². The van der Waals surface area contributed by atoms with E-state index in [-0.39, 0.29) is 5.91 Å². The average Bonchev–Trinajstić information content (AvgIpc) is 2.90. The summed E-state index contributed by atoms with van der Waals surface area (Å²) in [6, 6.07) is 5.12. The molecule has 1 amide bonds. The van der Waals surface area contributed by atoms with Gasteiger partial charge in [-0.1, -0.05) is 0 Å². The molecule has 21 heavy (non-hydrogen) atoms. The Morgan fingerprint density at radius 2 is 1.86 bits per heavy atom. The molecule has 2 aromatic rings. The van der Waals surface area contributed by atoms with E-state index in [4.69, 9.17) is 9.47 Å². The molecule has 0 aliphatic carbocycles. The quantitative estimate of drug-likeness (QED) is 0.841. The second-order valence-corrected chi connectivity index (χ2v) is 4.72. The zero-order valence-corrected chi connectivity index (χ0v) is 12.7. The minimum absolute atomic E-state index is 0.116. The molecule has 1 aromatic heterocycles. The fourth-order valence-electron chi connectivity index (χ4n) is 1.98. The predicted octanol–water partition coefficient (Wildman–Crippen LogP) is 1.71. The Morgan fingerprint density at radius 3 is 2.33 bits per heavy atom. The number of rotatable bonds is 5. The van der Waals surface area contributed by atoms with E-state index >= 15 is 0 Å². The second kappa shape index (κ2) is 6.30. The number of benzene rings is 1. The van der Waals surface area contributed by atoms with Gasteiger partial charge >= 0.3 is 0 Å². The number of carbonyl (C=O) groups excluding carboxylic acids is 1. The van der Waals surface area contributed by atoms with Crippen LogP contribution < -0.4 is 9.47 Å². The number of aryl methyl sites for hydroxylation is 1. The van der Waals surface area contributed by atoms with Gasteiger partial charge in [-0.3, -0.25) is 4.79 Å². The Kier molecular flexibility index (Phi) is 4.47. The first-order valence-electron chi connectivity index (χ1n) is 6.50. The first-order valence-corrected chi connectivity index (χ1v) is 6.50. The molecule has 1 aromatic carbocycles. The van der Waals surface area contributed by atoms with Gasteiger partial charge in [-0.2, -0.15) is 0 Å². The second-order valence-electron chi connectivity index (χ2n) is 4.72. The van der Waals surface area contributed by atoms with Gasteiger partial charge in [-0.25, -0.2) is 4.98 Å². The summed E-state index contributed by atoms with van der Waals surface area (Å²) in [5, 5.41) is 0. The number of aromatic nitrogens is 2. The van der Waals surface area contributed by atoms with Crippen LogP contribution >= 0.6 is 0 Å². The summed E-state index contributed by atoms with van der Waals surface area (Å²) >= 11 is 0. The van der Waals surface area contributed by atoms with E-state index in [0.717, 1.165) is 5.82 Å². The summed E-state index contributed by atoms with van der Waals surface area (Å²) in [4.78, 5) is 18.3. The third-order valence-electron chi connectivity index (χ3n) is 3.24. The van der Waals surface area contributed by atoms with Crippen LogP contribution in [0, 0.1) is 0 Å². The van der Waals surface area contributed by atoms with Crippen molar-refractivity contribution >= 4 is 5.91 Å². The Balaban J connectivity index is 2.20. The van der Waals surface area contributed by atoms with Crippen LogP contribution in [0.4, 0.5) is 0 Å². The molecule has 0 spiro atoms. The van der Waals surface area contributed by atoms with Gasteiger partial charge in [-0.05, 0) is 12.1 Å². The molecule has 0 bridgehead atoms. The maximum atomic E-state index is 12.5. The average molecular weight is 289 g/mol. The molecule has 0 aliphatic rings. The van der Waals surface area contributed by atoms with Crippen LogP contribution in [-0.2, 0) is 13.6 Å². The minimum atomic E-state index is -0.116. The van der Waals surface area contributed by atoms with Crippen molar-refractivity contribution in [1.82, 2.24) is 14.5 Å². The van der Waals surface area contributed by atoms with Gasteiger partial charge in [0.25, 0.3) is 5.91 Å². The predicted molar refractivity (Wildman–Crippen MR) is 78.6 cm³/mol. The zero-order chi connectivity index (χ0) is 15.4. The van der Waals surface area contributed by atoms with Crippen molar-refractivity contribution in [2.75, 3.05) is 21.3 Å². The Labute approximate surface area is 123 Å². The highest BCUT2D eigenvalue weighted by Crippen LogP contribution is 2.23. The van der Waals surface area contributed by atoms with Gasteiger partial charge in [0.15, 0.2) is 0 Å². The van der Waals surface area contributed by atoms with Crippen LogP contribution in [0.3, 0.4) is 0 Å². The highest BCUT2D eigenvalue weighted by molar-refractivity contribution is 5.94. The van der Waals surface area contributed by atoms with E-state index < -0.39 is 0 Å². The van der Waals surface area contributed by atoms with E-state index in [1.54, 1.807) is 50.6 Å². The first kappa shape index (κ1) is 14.9. The number of amides is 1. The molecule has 112 valence electrons. The monoisotopic (exact) mass is 289 g/mol. The van der Waals surface area contributed by atoms with Crippen molar-refractivity contribution in [3.63, 3.8) is 0 Å². The van der Waals surface area contributed by atoms with Crippen molar-refractivity contribution in [3.05, 3.63) is 42.0 Å². The largest absolute Gasteiger partial charge is 0.497 e. The molecule has 0 radical (unpaired) electrons. The van der Waals surface area contributed by atoms with Gasteiger partial charge in [0.1, 0.15) is 17.3 Å². The maximum Gasteiger partial charge on any atom is 0.254 e. The Morgan fingerprint density at radius 1 is 1.24 bits per heavy atom. The smallest absolute Gasteiger partial charge is 0.254 e. The first-order chi connectivity index (χ1) is 10.0. The summed E-state index contributed by atoms with van der Waals surface area (Å²) in [5.74, 6) is 1.88. The molecule has 0 saturated heterocycles. The molecular formula is C15H19N3O3. The van der Waals surface area contributed by atoms with E-state index in [0.29, 0.717) is 23.6 Å². The van der Waals surface area contributed by atoms with Crippen LogP contribution in [0.15, 0.2) is 30.6 Å². The summed E-state index contributed by atoms with van der Waals surface area (Å²) in [5.41, 5.74) is 0.517. The van der Waals surface area contributed by atoms with Crippen LogP contribution in [0.1, 0.15) is 16.2 Å². The van der Waals surface area contributed by atoms with Gasteiger partial charge in [-0.15, -0.1) is 0 Å². The lowest BCUT2D eigenvalue weighted by atomic mass is 10.1. The molecule has 6 nitrogen and oxygen atoms in total. The molecule has 0 N–H and O–H groups in total. The lowest BCUT2D eigenvalue weighted by Gasteiger charge is -2.18. The standard InChI is InChI=1S/C15H19N3O3/c1-17-6-5-16-14(17)10-18(2)15(19)11-7-12(20-3)9-13(8-11)21-4/h5-9H,10H2,1-4H3. The van der Waals surface area contributed by atoms with Gasteiger partial charge in [0, 0.05) is 38.1 Å². The molecule has 0 atom stereocenters. The summed E-state index contributed by atoms with van der Waals surface area (Å²) in [6.07, 6.45) is 3.56. The Bertz CT molecular complexity index is 615. The summed E-state index contributed by atoms with van der Waals surface area (Å²) < 4.78 is 12.3. The number of nitrogens with zero attached hydrogens (tertiary/aromatic N) is 3. The van der Waals surface area contributed by atoms with Crippen molar-refractivity contribution in [3.8, 4) is 11.5 Å². The van der Waals surface area contributed by atoms with Crippen molar-refractivity contribution in [1.29, 1.82) is 0 Å². The molecule has 1 heterocycles. The summed E-state index contributed by atoms with van der Waals surface area (Å²) in [6.45, 7) is 0.432. The third-order valence-corrected chi connectivity index (χ3v) is 3.24. The highest BCUT2D eigenvalue weighted by atomic mass is 16.5. The van der Waals surface area contributed by atoms with Crippen LogP contribution in [0.2, 0.25) is 0 Å². The summed E-state index contributed by atoms with van der Waals surface area (Å²) in [7, 11) is 6.75. The minimum Gasteiger partial charge on any atom is -0.497 e. The van der Waals surface area contributed by atoms with Crippen molar-refractivity contribution in [2.45, 2.75) is 6.54 Å². The number of hydrogen-bond acceptors (Lipinski definition) is 4. The lowest BCUT2D eigenvalue weighted by molar-refractivity contribution is 0.0780. The molecule has 2 rings (SSSR count). The maximum absolute atomic E-state index is 12.5. The zero-order valence-electron chi connectivity index (χ0n) is 12.7. The molecular weight excluding hydrogens is 270 g/mol. The molecule has 6 heteroatoms. The normalized spacial score (nSPS) is 10.3. The topological polar surface area (TPSA) is 56.6 Å². The van der Waals surface area contributed by atoms with Gasteiger partial charge < -0.3 is 18.9 Å². The van der Waals surface area contributed by atoms with Gasteiger partial charge in [0.05, 0.1) is 20.8 Å². The number of imidazole rings is 1. The number of ether oxygens (including phenoxy) is 2. The Hall–Kier alpha value is -2.50. The number of hydrogen-bond donors (Lipinski definition) is 0. The van der Waals surface area contributed by atoms with E-state index in [2.05, 4.69) is 4.98 Å².